The highest BCUT2D eigenvalue weighted by Crippen LogP contribution is 2.31. The summed E-state index contributed by atoms with van der Waals surface area (Å²) in [5.74, 6) is 1.00. The molecule has 2 atom stereocenters. The van der Waals surface area contributed by atoms with Gasteiger partial charge in [-0.15, -0.1) is 0 Å². The number of hydrogen-bond donors (Lipinski definition) is 0. The zero-order valence-electron chi connectivity index (χ0n) is 13.7. The first-order valence-electron chi connectivity index (χ1n) is 8.30. The van der Waals surface area contributed by atoms with Gasteiger partial charge in [0.1, 0.15) is 11.4 Å². The average molecular weight is 295 g/mol. The maximum Gasteiger partial charge on any atom is 0.309 e. The van der Waals surface area contributed by atoms with Crippen molar-refractivity contribution in [1.29, 1.82) is 0 Å². The molecule has 0 N–H and O–H groups in total. The summed E-state index contributed by atoms with van der Waals surface area (Å²) >= 11 is 0. The predicted molar refractivity (Wildman–Crippen MR) is 82.0 cm³/mol. The third-order valence-electron chi connectivity index (χ3n) is 4.45. The number of ether oxygens (including phenoxy) is 1. The number of rotatable bonds is 3. The highest BCUT2D eigenvalue weighted by molar-refractivity contribution is 5.79. The lowest BCUT2D eigenvalue weighted by atomic mass is 9.81. The van der Waals surface area contributed by atoms with E-state index < -0.39 is 5.60 Å². The summed E-state index contributed by atoms with van der Waals surface area (Å²) in [7, 11) is 0. The number of esters is 1. The van der Waals surface area contributed by atoms with E-state index in [2.05, 4.69) is 4.90 Å². The van der Waals surface area contributed by atoms with Gasteiger partial charge in [0.2, 0.25) is 0 Å². The maximum absolute atomic E-state index is 12.2. The average Bonchev–Trinajstić information content (AvgIpc) is 2.40. The van der Waals surface area contributed by atoms with E-state index in [1.165, 1.54) is 6.42 Å². The zero-order chi connectivity index (χ0) is 15.5. The van der Waals surface area contributed by atoms with Crippen LogP contribution in [-0.2, 0) is 14.3 Å². The van der Waals surface area contributed by atoms with Crippen LogP contribution in [0.4, 0.5) is 0 Å². The van der Waals surface area contributed by atoms with Crippen molar-refractivity contribution in [2.75, 3.05) is 19.6 Å². The second-order valence-corrected chi connectivity index (χ2v) is 7.60. The van der Waals surface area contributed by atoms with Crippen LogP contribution in [0.1, 0.15) is 59.3 Å². The minimum atomic E-state index is -0.392. The molecule has 2 aliphatic rings. The SMILES string of the molecule is CC(C)(C)OC(=O)C1CCCC(CN2CCC(=O)CC2)C1. The van der Waals surface area contributed by atoms with E-state index in [1.807, 2.05) is 20.8 Å². The molecule has 21 heavy (non-hydrogen) atoms. The molecule has 1 aliphatic carbocycles. The van der Waals surface area contributed by atoms with Crippen LogP contribution in [0, 0.1) is 11.8 Å². The van der Waals surface area contributed by atoms with Crippen LogP contribution in [0.25, 0.3) is 0 Å². The fourth-order valence-corrected chi connectivity index (χ4v) is 3.41. The zero-order valence-corrected chi connectivity index (χ0v) is 13.7. The summed E-state index contributed by atoms with van der Waals surface area (Å²) in [6.07, 6.45) is 5.61. The van der Waals surface area contributed by atoms with Crippen LogP contribution in [0.5, 0.6) is 0 Å². The molecule has 0 spiro atoms. The van der Waals surface area contributed by atoms with Crippen molar-refractivity contribution in [3.63, 3.8) is 0 Å². The van der Waals surface area contributed by atoms with Crippen molar-refractivity contribution in [2.24, 2.45) is 11.8 Å². The summed E-state index contributed by atoms with van der Waals surface area (Å²) in [6, 6.07) is 0. The van der Waals surface area contributed by atoms with Gasteiger partial charge in [0.25, 0.3) is 0 Å². The van der Waals surface area contributed by atoms with Crippen molar-refractivity contribution in [3.8, 4) is 0 Å². The Bertz CT molecular complexity index is 376. The van der Waals surface area contributed by atoms with Gasteiger partial charge in [-0.25, -0.2) is 0 Å². The van der Waals surface area contributed by atoms with E-state index in [9.17, 15) is 9.59 Å². The van der Waals surface area contributed by atoms with E-state index in [1.54, 1.807) is 0 Å². The normalized spacial score (nSPS) is 28.4. The number of Topliss-reactive ketones (excluding diaryl/α,β-unsaturated/α-hetero) is 1. The van der Waals surface area contributed by atoms with Crippen molar-refractivity contribution in [1.82, 2.24) is 4.90 Å². The van der Waals surface area contributed by atoms with Crippen molar-refractivity contribution >= 4 is 11.8 Å². The summed E-state index contributed by atoms with van der Waals surface area (Å²) in [5.41, 5.74) is -0.392. The van der Waals surface area contributed by atoms with Crippen LogP contribution in [0.3, 0.4) is 0 Å². The summed E-state index contributed by atoms with van der Waals surface area (Å²) in [4.78, 5) is 25.9. The molecule has 0 aromatic heterocycles. The number of nitrogens with zero attached hydrogens (tertiary/aromatic N) is 1. The van der Waals surface area contributed by atoms with Crippen molar-refractivity contribution < 1.29 is 14.3 Å². The molecule has 0 radical (unpaired) electrons. The Kier molecular flexibility index (Phi) is 5.42. The van der Waals surface area contributed by atoms with Crippen LogP contribution in [0.15, 0.2) is 0 Å². The minimum Gasteiger partial charge on any atom is -0.460 e. The van der Waals surface area contributed by atoms with E-state index in [0.717, 1.165) is 38.9 Å². The number of hydrogen-bond acceptors (Lipinski definition) is 4. The van der Waals surface area contributed by atoms with Gasteiger partial charge in [-0.3, -0.25) is 9.59 Å². The molecule has 120 valence electrons. The van der Waals surface area contributed by atoms with Crippen LogP contribution in [-0.4, -0.2) is 41.9 Å². The Morgan fingerprint density at radius 1 is 1.24 bits per heavy atom. The second-order valence-electron chi connectivity index (χ2n) is 7.60. The lowest BCUT2D eigenvalue weighted by Gasteiger charge is -2.34. The molecule has 0 bridgehead atoms. The molecule has 1 heterocycles. The molecule has 1 aliphatic heterocycles. The third kappa shape index (κ3) is 5.42. The number of piperidine rings is 1. The number of carbonyl (C=O) groups excluding carboxylic acids is 2. The van der Waals surface area contributed by atoms with Gasteiger partial charge in [-0.2, -0.15) is 0 Å². The molecular weight excluding hydrogens is 266 g/mol. The molecule has 4 heteroatoms. The summed E-state index contributed by atoms with van der Waals surface area (Å²) in [5, 5.41) is 0. The van der Waals surface area contributed by atoms with E-state index in [4.69, 9.17) is 4.74 Å². The Morgan fingerprint density at radius 3 is 2.52 bits per heavy atom. The molecule has 1 saturated carbocycles. The predicted octanol–water partition coefficient (Wildman–Crippen LogP) is 2.80. The number of carbonyl (C=O) groups is 2. The van der Waals surface area contributed by atoms with E-state index >= 15 is 0 Å². The minimum absolute atomic E-state index is 0.0268. The summed E-state index contributed by atoms with van der Waals surface area (Å²) < 4.78 is 5.53. The number of ketones is 1. The van der Waals surface area contributed by atoms with Gasteiger partial charge >= 0.3 is 5.97 Å². The first-order chi connectivity index (χ1) is 9.83. The Labute approximate surface area is 128 Å². The molecule has 2 unspecified atom stereocenters. The molecule has 4 nitrogen and oxygen atoms in total. The van der Waals surface area contributed by atoms with Gasteiger partial charge in [0.05, 0.1) is 5.92 Å². The standard InChI is InChI=1S/C17H29NO3/c1-17(2,3)21-16(20)14-6-4-5-13(11-14)12-18-9-7-15(19)8-10-18/h13-14H,4-12H2,1-3H3. The first-order valence-corrected chi connectivity index (χ1v) is 8.30. The Morgan fingerprint density at radius 2 is 1.90 bits per heavy atom. The Hall–Kier alpha value is -0.900. The molecule has 1 saturated heterocycles. The molecule has 0 aromatic carbocycles. The molecule has 2 rings (SSSR count). The van der Waals surface area contributed by atoms with Gasteiger partial charge in [-0.1, -0.05) is 6.42 Å². The van der Waals surface area contributed by atoms with Gasteiger partial charge in [0, 0.05) is 32.5 Å². The number of likely N-dealkylation sites (tertiary alicyclic amines) is 1. The van der Waals surface area contributed by atoms with Crippen LogP contribution >= 0.6 is 0 Å². The third-order valence-corrected chi connectivity index (χ3v) is 4.45. The van der Waals surface area contributed by atoms with Crippen molar-refractivity contribution in [3.05, 3.63) is 0 Å². The quantitative estimate of drug-likeness (QED) is 0.751. The molecule has 2 fully saturated rings. The molecule has 0 amide bonds. The smallest absolute Gasteiger partial charge is 0.309 e. The lowest BCUT2D eigenvalue weighted by molar-refractivity contribution is -0.161. The van der Waals surface area contributed by atoms with Gasteiger partial charge in [-0.05, 0) is 46.0 Å². The second kappa shape index (κ2) is 6.91. The molecule has 0 aromatic rings. The van der Waals surface area contributed by atoms with Crippen LogP contribution < -0.4 is 0 Å². The van der Waals surface area contributed by atoms with E-state index in [0.29, 0.717) is 24.5 Å². The van der Waals surface area contributed by atoms with Gasteiger partial charge < -0.3 is 9.64 Å². The monoisotopic (exact) mass is 295 g/mol. The lowest BCUT2D eigenvalue weighted by Crippen LogP contribution is -2.39. The van der Waals surface area contributed by atoms with Gasteiger partial charge in [0.15, 0.2) is 0 Å². The van der Waals surface area contributed by atoms with E-state index in [-0.39, 0.29) is 11.9 Å². The first kappa shape index (κ1) is 16.5. The summed E-state index contributed by atoms with van der Waals surface area (Å²) in [6.45, 7) is 8.60. The fourth-order valence-electron chi connectivity index (χ4n) is 3.41. The topological polar surface area (TPSA) is 46.6 Å². The Balaban J connectivity index is 1.80. The van der Waals surface area contributed by atoms with Crippen LogP contribution in [0.2, 0.25) is 0 Å². The maximum atomic E-state index is 12.2. The molecular formula is C17H29NO3. The fraction of sp³-hybridized carbons (Fsp3) is 0.882. The highest BCUT2D eigenvalue weighted by atomic mass is 16.6. The largest absolute Gasteiger partial charge is 0.460 e. The highest BCUT2D eigenvalue weighted by Gasteiger charge is 2.31. The van der Waals surface area contributed by atoms with Crippen molar-refractivity contribution in [2.45, 2.75) is 64.9 Å².